The smallest absolute Gasteiger partial charge is 0.0393 e. The van der Waals surface area contributed by atoms with Crippen molar-refractivity contribution < 1.29 is 0 Å². The van der Waals surface area contributed by atoms with Crippen molar-refractivity contribution in [3.8, 4) is 22.3 Å². The fourth-order valence-corrected chi connectivity index (χ4v) is 5.06. The molecule has 3 N–H and O–H groups in total. The highest BCUT2D eigenvalue weighted by Crippen LogP contribution is 2.33. The maximum absolute atomic E-state index is 6.28. The van der Waals surface area contributed by atoms with Crippen LogP contribution in [0.5, 0.6) is 0 Å². The van der Waals surface area contributed by atoms with Crippen molar-refractivity contribution in [2.75, 3.05) is 11.1 Å². The molecule has 0 aliphatic heterocycles. The number of nitrogen functional groups attached to an aromatic ring is 1. The number of benzene rings is 4. The first-order valence-electron chi connectivity index (χ1n) is 13.9. The van der Waals surface area contributed by atoms with Crippen LogP contribution < -0.4 is 11.1 Å². The van der Waals surface area contributed by atoms with E-state index in [9.17, 15) is 0 Å². The first kappa shape index (κ1) is 26.8. The molecular weight excluding hydrogens is 484 g/mol. The molecule has 0 bridgehead atoms. The zero-order valence-corrected chi connectivity index (χ0v) is 23.2. The molecule has 0 saturated carbocycles. The van der Waals surface area contributed by atoms with Crippen molar-refractivity contribution in [3.05, 3.63) is 162 Å². The number of para-hydroxylation sites is 2. The number of anilines is 2. The Balaban J connectivity index is 1.53. The van der Waals surface area contributed by atoms with Crippen LogP contribution >= 0.6 is 0 Å². The third-order valence-corrected chi connectivity index (χ3v) is 7.14. The number of hydrogen-bond donors (Lipinski definition) is 2. The van der Waals surface area contributed by atoms with Crippen molar-refractivity contribution in [2.45, 2.75) is 20.3 Å². The fourth-order valence-electron chi connectivity index (χ4n) is 5.06. The van der Waals surface area contributed by atoms with E-state index < -0.39 is 0 Å². The van der Waals surface area contributed by atoms with Gasteiger partial charge in [0.2, 0.25) is 0 Å². The minimum absolute atomic E-state index is 0.507. The molecule has 2 heteroatoms. The third-order valence-electron chi connectivity index (χ3n) is 7.14. The summed E-state index contributed by atoms with van der Waals surface area (Å²) in [7, 11) is 0. The van der Waals surface area contributed by atoms with E-state index in [-0.39, 0.29) is 0 Å². The Kier molecular flexibility index (Phi) is 8.58. The monoisotopic (exact) mass is 520 g/mol. The second kappa shape index (κ2) is 12.8. The average molecular weight is 521 g/mol. The predicted molar refractivity (Wildman–Crippen MR) is 174 cm³/mol. The first-order chi connectivity index (χ1) is 19.6. The van der Waals surface area contributed by atoms with Crippen LogP contribution in [0.15, 0.2) is 157 Å². The summed E-state index contributed by atoms with van der Waals surface area (Å²) < 4.78 is 0. The number of nitrogens with two attached hydrogens (primary N) is 1. The molecule has 198 valence electrons. The molecule has 4 aromatic rings. The third kappa shape index (κ3) is 6.59. The largest absolute Gasteiger partial charge is 0.398 e. The van der Waals surface area contributed by atoms with Gasteiger partial charge in [0.05, 0.1) is 0 Å². The van der Waals surface area contributed by atoms with Gasteiger partial charge in [-0.05, 0) is 94.6 Å². The van der Waals surface area contributed by atoms with E-state index in [1.54, 1.807) is 0 Å². The highest BCUT2D eigenvalue weighted by Gasteiger charge is 2.12. The molecule has 40 heavy (non-hydrogen) atoms. The van der Waals surface area contributed by atoms with Crippen LogP contribution in [0, 0.1) is 5.92 Å². The molecule has 0 fully saturated rings. The Morgan fingerprint density at radius 1 is 0.800 bits per heavy atom. The number of nitrogens with one attached hydrogen (secondary N) is 1. The van der Waals surface area contributed by atoms with Gasteiger partial charge in [0.25, 0.3) is 0 Å². The Bertz CT molecular complexity index is 1620. The van der Waals surface area contributed by atoms with Gasteiger partial charge in [-0.1, -0.05) is 110 Å². The molecule has 0 saturated heterocycles. The van der Waals surface area contributed by atoms with Crippen LogP contribution in [-0.2, 0) is 0 Å². The Hall–Kier alpha value is -4.82. The molecule has 0 aromatic heterocycles. The van der Waals surface area contributed by atoms with Crippen molar-refractivity contribution in [1.82, 2.24) is 0 Å². The molecule has 5 rings (SSSR count). The summed E-state index contributed by atoms with van der Waals surface area (Å²) in [4.78, 5) is 0. The summed E-state index contributed by atoms with van der Waals surface area (Å²) in [6, 6.07) is 35.7. The summed E-state index contributed by atoms with van der Waals surface area (Å²) in [6.07, 6.45) is 16.4. The van der Waals surface area contributed by atoms with Crippen LogP contribution in [0.1, 0.15) is 25.8 Å². The fraction of sp³-hybridized carbons (Fsp3) is 0.105. The van der Waals surface area contributed by atoms with E-state index in [0.717, 1.165) is 40.1 Å². The maximum Gasteiger partial charge on any atom is 0.0393 e. The second-order valence-corrected chi connectivity index (χ2v) is 10.2. The quantitative estimate of drug-likeness (QED) is 0.179. The van der Waals surface area contributed by atoms with Gasteiger partial charge in [0.1, 0.15) is 0 Å². The summed E-state index contributed by atoms with van der Waals surface area (Å²) in [5.41, 5.74) is 17.5. The molecule has 1 unspecified atom stereocenters. The van der Waals surface area contributed by atoms with Crippen molar-refractivity contribution in [3.63, 3.8) is 0 Å². The van der Waals surface area contributed by atoms with Gasteiger partial charge in [0, 0.05) is 23.1 Å². The van der Waals surface area contributed by atoms with E-state index >= 15 is 0 Å². The average Bonchev–Trinajstić information content (AvgIpc) is 2.99. The number of hydrogen-bond acceptors (Lipinski definition) is 2. The lowest BCUT2D eigenvalue weighted by atomic mass is 9.89. The highest BCUT2D eigenvalue weighted by molar-refractivity contribution is 5.83. The maximum atomic E-state index is 6.28. The molecule has 1 atom stereocenters. The molecule has 0 radical (unpaired) electrons. The zero-order valence-electron chi connectivity index (χ0n) is 23.2. The second-order valence-electron chi connectivity index (χ2n) is 10.2. The summed E-state index contributed by atoms with van der Waals surface area (Å²) >= 11 is 0. The van der Waals surface area contributed by atoms with Gasteiger partial charge in [-0.2, -0.15) is 0 Å². The van der Waals surface area contributed by atoms with Gasteiger partial charge in [-0.15, -0.1) is 0 Å². The lowest BCUT2D eigenvalue weighted by Gasteiger charge is -2.17. The predicted octanol–water partition coefficient (Wildman–Crippen LogP) is 10.1. The van der Waals surface area contributed by atoms with Crippen LogP contribution in [0.2, 0.25) is 0 Å². The van der Waals surface area contributed by atoms with Crippen LogP contribution in [0.25, 0.3) is 27.8 Å². The minimum Gasteiger partial charge on any atom is -0.398 e. The normalized spacial score (nSPS) is 15.8. The highest BCUT2D eigenvalue weighted by atomic mass is 14.8. The molecule has 0 heterocycles. The van der Waals surface area contributed by atoms with E-state index in [2.05, 4.69) is 129 Å². The van der Waals surface area contributed by atoms with E-state index in [0.29, 0.717) is 5.92 Å². The van der Waals surface area contributed by atoms with Gasteiger partial charge >= 0.3 is 0 Å². The molecular formula is C38H36N2. The first-order valence-corrected chi connectivity index (χ1v) is 13.9. The van der Waals surface area contributed by atoms with Gasteiger partial charge in [0.15, 0.2) is 0 Å². The number of rotatable bonds is 8. The SMILES string of the molecule is C\C=C/C(=C\C(=C\Nc1ccccc1)C1=CC=CC(C)C1)c1cccc(-c2cccc(-c3ccccc3N)c2)c1. The Morgan fingerprint density at radius 2 is 1.52 bits per heavy atom. The van der Waals surface area contributed by atoms with Crippen LogP contribution in [0.4, 0.5) is 11.4 Å². The molecule has 0 spiro atoms. The summed E-state index contributed by atoms with van der Waals surface area (Å²) in [5.74, 6) is 0.507. The zero-order chi connectivity index (χ0) is 27.7. The van der Waals surface area contributed by atoms with Crippen molar-refractivity contribution in [1.29, 1.82) is 0 Å². The topological polar surface area (TPSA) is 38.0 Å². The van der Waals surface area contributed by atoms with E-state index in [1.165, 1.54) is 22.3 Å². The Morgan fingerprint density at radius 3 is 2.30 bits per heavy atom. The number of allylic oxidation sites excluding steroid dienone is 9. The van der Waals surface area contributed by atoms with E-state index in [4.69, 9.17) is 5.73 Å². The van der Waals surface area contributed by atoms with Crippen molar-refractivity contribution in [2.24, 2.45) is 5.92 Å². The van der Waals surface area contributed by atoms with Crippen LogP contribution in [-0.4, -0.2) is 0 Å². The van der Waals surface area contributed by atoms with Gasteiger partial charge < -0.3 is 11.1 Å². The molecule has 1 aliphatic carbocycles. The summed E-state index contributed by atoms with van der Waals surface area (Å²) in [5, 5.41) is 3.51. The Labute approximate surface area is 238 Å². The standard InChI is InChI=1S/C38H36N2/c1-3-12-29(26-35(30-14-9-13-28(2)23-30)27-40-36-19-5-4-6-20-36)31-15-10-16-32(24-31)33-17-11-18-34(25-33)37-21-7-8-22-38(37)39/h3-22,24-28,40H,23,39H2,1-2H3/b12-3-,29-26+,35-27-. The molecule has 1 aliphatic rings. The lowest BCUT2D eigenvalue weighted by Crippen LogP contribution is -2.02. The minimum atomic E-state index is 0.507. The van der Waals surface area contributed by atoms with Gasteiger partial charge in [-0.25, -0.2) is 0 Å². The molecule has 4 aromatic carbocycles. The molecule has 2 nitrogen and oxygen atoms in total. The molecule has 0 amide bonds. The van der Waals surface area contributed by atoms with Crippen molar-refractivity contribution >= 4 is 16.9 Å². The van der Waals surface area contributed by atoms with E-state index in [1.807, 2.05) is 36.4 Å². The van der Waals surface area contributed by atoms with Crippen LogP contribution in [0.3, 0.4) is 0 Å². The summed E-state index contributed by atoms with van der Waals surface area (Å²) in [6.45, 7) is 4.34. The van der Waals surface area contributed by atoms with Gasteiger partial charge in [-0.3, -0.25) is 0 Å². The lowest BCUT2D eigenvalue weighted by molar-refractivity contribution is 0.714.